The SMILES string of the molecule is CSC(N)=N/N=C/c1c(O)ccc2ccccc12.I. The molecule has 0 bridgehead atoms. The van der Waals surface area contributed by atoms with Crippen LogP contribution in [0.1, 0.15) is 5.56 Å². The van der Waals surface area contributed by atoms with Gasteiger partial charge < -0.3 is 10.8 Å². The monoisotopic (exact) mass is 387 g/mol. The van der Waals surface area contributed by atoms with Gasteiger partial charge in [0.2, 0.25) is 0 Å². The maximum atomic E-state index is 9.85. The molecular formula is C13H14IN3OS. The maximum absolute atomic E-state index is 9.85. The number of nitrogens with zero attached hydrogens (tertiary/aromatic N) is 2. The van der Waals surface area contributed by atoms with Gasteiger partial charge in [-0.3, -0.25) is 0 Å². The van der Waals surface area contributed by atoms with Crippen molar-refractivity contribution in [2.24, 2.45) is 15.9 Å². The van der Waals surface area contributed by atoms with Crippen molar-refractivity contribution in [2.75, 3.05) is 6.26 Å². The highest BCUT2D eigenvalue weighted by Crippen LogP contribution is 2.25. The molecule has 0 aliphatic heterocycles. The van der Waals surface area contributed by atoms with Gasteiger partial charge in [0.15, 0.2) is 5.17 Å². The van der Waals surface area contributed by atoms with E-state index in [1.54, 1.807) is 6.07 Å². The molecule has 100 valence electrons. The van der Waals surface area contributed by atoms with Crippen LogP contribution in [0.2, 0.25) is 0 Å². The third-order valence-electron chi connectivity index (χ3n) is 2.50. The predicted molar refractivity (Wildman–Crippen MR) is 93.8 cm³/mol. The molecular weight excluding hydrogens is 373 g/mol. The Morgan fingerprint density at radius 1 is 1.26 bits per heavy atom. The molecule has 19 heavy (non-hydrogen) atoms. The molecule has 2 aromatic carbocycles. The number of thioether (sulfide) groups is 1. The Balaban J connectivity index is 0.00000180. The summed E-state index contributed by atoms with van der Waals surface area (Å²) in [6, 6.07) is 11.3. The lowest BCUT2D eigenvalue weighted by atomic mass is 10.0. The summed E-state index contributed by atoms with van der Waals surface area (Å²) in [5, 5.41) is 19.9. The first kappa shape index (κ1) is 15.8. The summed E-state index contributed by atoms with van der Waals surface area (Å²) in [5.41, 5.74) is 6.17. The van der Waals surface area contributed by atoms with E-state index >= 15 is 0 Å². The fraction of sp³-hybridized carbons (Fsp3) is 0.0769. The molecule has 0 fully saturated rings. The molecule has 0 aliphatic carbocycles. The molecule has 2 rings (SSSR count). The number of aromatic hydroxyl groups is 1. The van der Waals surface area contributed by atoms with Gasteiger partial charge >= 0.3 is 0 Å². The smallest absolute Gasteiger partial charge is 0.180 e. The second-order valence-corrected chi connectivity index (χ2v) is 4.43. The Labute approximate surface area is 132 Å². The Kier molecular flexibility index (Phi) is 6.10. The van der Waals surface area contributed by atoms with E-state index in [0.717, 1.165) is 10.8 Å². The third kappa shape index (κ3) is 3.84. The molecule has 3 N–H and O–H groups in total. The number of amidine groups is 1. The minimum absolute atomic E-state index is 0. The number of phenols is 1. The number of hydrogen-bond acceptors (Lipinski definition) is 4. The third-order valence-corrected chi connectivity index (χ3v) is 3.00. The lowest BCUT2D eigenvalue weighted by molar-refractivity contribution is 0.475. The van der Waals surface area contributed by atoms with Gasteiger partial charge in [0.25, 0.3) is 0 Å². The topological polar surface area (TPSA) is 71.0 Å². The van der Waals surface area contributed by atoms with E-state index in [1.807, 2.05) is 36.6 Å². The Bertz CT molecular complexity index is 628. The number of fused-ring (bicyclic) bond motifs is 1. The van der Waals surface area contributed by atoms with Crippen LogP contribution < -0.4 is 5.73 Å². The van der Waals surface area contributed by atoms with Gasteiger partial charge in [0, 0.05) is 5.56 Å². The van der Waals surface area contributed by atoms with Crippen LogP contribution in [0.3, 0.4) is 0 Å². The maximum Gasteiger partial charge on any atom is 0.180 e. The summed E-state index contributed by atoms with van der Waals surface area (Å²) in [4.78, 5) is 0. The van der Waals surface area contributed by atoms with E-state index in [-0.39, 0.29) is 29.7 Å². The highest BCUT2D eigenvalue weighted by atomic mass is 127. The fourth-order valence-electron chi connectivity index (χ4n) is 1.60. The van der Waals surface area contributed by atoms with Gasteiger partial charge in [-0.2, -0.15) is 5.10 Å². The highest BCUT2D eigenvalue weighted by molar-refractivity contribution is 14.0. The van der Waals surface area contributed by atoms with E-state index < -0.39 is 0 Å². The first-order chi connectivity index (χ1) is 8.72. The first-order valence-electron chi connectivity index (χ1n) is 5.33. The minimum Gasteiger partial charge on any atom is -0.507 e. The van der Waals surface area contributed by atoms with E-state index in [0.29, 0.717) is 10.7 Å². The lowest BCUT2D eigenvalue weighted by Gasteiger charge is -2.03. The molecule has 0 saturated carbocycles. The van der Waals surface area contributed by atoms with Crippen LogP contribution in [0.25, 0.3) is 10.8 Å². The molecule has 0 atom stereocenters. The first-order valence-corrected chi connectivity index (χ1v) is 6.56. The van der Waals surface area contributed by atoms with Gasteiger partial charge in [-0.05, 0) is 23.1 Å². The summed E-state index contributed by atoms with van der Waals surface area (Å²) in [6.45, 7) is 0. The van der Waals surface area contributed by atoms with Crippen LogP contribution in [0.4, 0.5) is 0 Å². The van der Waals surface area contributed by atoms with Gasteiger partial charge in [-0.25, -0.2) is 0 Å². The summed E-state index contributed by atoms with van der Waals surface area (Å²) in [6.07, 6.45) is 3.34. The number of hydrogen-bond donors (Lipinski definition) is 2. The standard InChI is InChI=1S/C13H13N3OS.HI/c1-18-13(14)16-15-8-11-10-5-3-2-4-9(10)6-7-12(11)17;/h2-8,17H,1H3,(H2,14,16);1H/b15-8+;. The van der Waals surface area contributed by atoms with Crippen LogP contribution >= 0.6 is 35.7 Å². The summed E-state index contributed by atoms with van der Waals surface area (Å²) in [5.74, 6) is 0.176. The molecule has 2 aromatic rings. The number of benzene rings is 2. The van der Waals surface area contributed by atoms with E-state index in [4.69, 9.17) is 5.73 Å². The van der Waals surface area contributed by atoms with Crippen molar-refractivity contribution in [3.63, 3.8) is 0 Å². The van der Waals surface area contributed by atoms with Gasteiger partial charge in [-0.15, -0.1) is 29.1 Å². The Morgan fingerprint density at radius 2 is 2.00 bits per heavy atom. The number of rotatable bonds is 2. The van der Waals surface area contributed by atoms with Crippen molar-refractivity contribution < 1.29 is 5.11 Å². The average molecular weight is 387 g/mol. The molecule has 4 nitrogen and oxygen atoms in total. The van der Waals surface area contributed by atoms with Crippen molar-refractivity contribution in [2.45, 2.75) is 0 Å². The summed E-state index contributed by atoms with van der Waals surface area (Å²) < 4.78 is 0. The van der Waals surface area contributed by atoms with Crippen molar-refractivity contribution in [3.05, 3.63) is 42.0 Å². The van der Waals surface area contributed by atoms with Gasteiger partial charge in [-0.1, -0.05) is 42.1 Å². The van der Waals surface area contributed by atoms with Crippen LogP contribution in [0, 0.1) is 0 Å². The van der Waals surface area contributed by atoms with Crippen molar-refractivity contribution in [1.29, 1.82) is 0 Å². The average Bonchev–Trinajstić information content (AvgIpc) is 2.41. The second kappa shape index (κ2) is 7.34. The highest BCUT2D eigenvalue weighted by Gasteiger charge is 2.03. The molecule has 0 unspecified atom stereocenters. The zero-order valence-corrected chi connectivity index (χ0v) is 13.4. The van der Waals surface area contributed by atoms with Crippen LogP contribution in [-0.4, -0.2) is 22.7 Å². The van der Waals surface area contributed by atoms with Gasteiger partial charge in [0.1, 0.15) is 5.75 Å². The van der Waals surface area contributed by atoms with E-state index in [1.165, 1.54) is 18.0 Å². The van der Waals surface area contributed by atoms with E-state index in [2.05, 4.69) is 10.2 Å². The Hall–Kier alpha value is -1.28. The molecule has 0 spiro atoms. The zero-order chi connectivity index (χ0) is 13.0. The van der Waals surface area contributed by atoms with Crippen LogP contribution in [0.15, 0.2) is 46.6 Å². The normalized spacial score (nSPS) is 11.7. The number of halogens is 1. The largest absolute Gasteiger partial charge is 0.507 e. The van der Waals surface area contributed by atoms with Gasteiger partial charge in [0.05, 0.1) is 6.21 Å². The van der Waals surface area contributed by atoms with Crippen molar-refractivity contribution >= 4 is 57.9 Å². The van der Waals surface area contributed by atoms with Crippen LogP contribution in [0.5, 0.6) is 5.75 Å². The predicted octanol–water partition coefficient (Wildman–Crippen LogP) is 3.18. The minimum atomic E-state index is 0. The molecule has 6 heteroatoms. The van der Waals surface area contributed by atoms with Crippen molar-refractivity contribution in [1.82, 2.24) is 0 Å². The molecule has 0 aromatic heterocycles. The lowest BCUT2D eigenvalue weighted by Crippen LogP contribution is -2.03. The Morgan fingerprint density at radius 3 is 2.74 bits per heavy atom. The molecule has 0 heterocycles. The number of nitrogens with two attached hydrogens (primary N) is 1. The molecule has 0 radical (unpaired) electrons. The summed E-state index contributed by atoms with van der Waals surface area (Å²) in [7, 11) is 0. The fourth-order valence-corrected chi connectivity index (χ4v) is 1.73. The summed E-state index contributed by atoms with van der Waals surface area (Å²) >= 11 is 1.32. The molecule has 0 saturated heterocycles. The second-order valence-electron chi connectivity index (χ2n) is 3.61. The zero-order valence-electron chi connectivity index (χ0n) is 10.3. The number of phenolic OH excluding ortho intramolecular Hbond substituents is 1. The van der Waals surface area contributed by atoms with E-state index in [9.17, 15) is 5.11 Å². The van der Waals surface area contributed by atoms with Crippen LogP contribution in [-0.2, 0) is 0 Å². The molecule has 0 aliphatic rings. The quantitative estimate of drug-likeness (QED) is 0.360. The van der Waals surface area contributed by atoms with Crippen molar-refractivity contribution in [3.8, 4) is 5.75 Å². The molecule has 0 amide bonds.